The van der Waals surface area contributed by atoms with E-state index in [1.807, 2.05) is 35.1 Å². The Morgan fingerprint density at radius 3 is 2.39 bits per heavy atom. The first-order valence-corrected chi connectivity index (χ1v) is 12.0. The summed E-state index contributed by atoms with van der Waals surface area (Å²) in [6.07, 6.45) is 8.60. The van der Waals surface area contributed by atoms with Crippen LogP contribution < -0.4 is 11.1 Å². The van der Waals surface area contributed by atoms with Gasteiger partial charge in [0.25, 0.3) is 0 Å². The maximum atomic E-state index is 6.73. The molecule has 2 aliphatic heterocycles. The van der Waals surface area contributed by atoms with E-state index >= 15 is 0 Å². The van der Waals surface area contributed by atoms with Gasteiger partial charge in [-0.2, -0.15) is 9.61 Å². The second kappa shape index (κ2) is 7.96. The van der Waals surface area contributed by atoms with Gasteiger partial charge in [-0.1, -0.05) is 50.2 Å². The third-order valence-corrected chi connectivity index (χ3v) is 7.33. The molecule has 2 fully saturated rings. The van der Waals surface area contributed by atoms with Crippen LogP contribution in [0, 0.1) is 0 Å². The predicted octanol–water partition coefficient (Wildman–Crippen LogP) is 5.16. The van der Waals surface area contributed by atoms with Gasteiger partial charge in [-0.15, -0.1) is 0 Å². The molecule has 4 aromatic rings. The third kappa shape index (κ3) is 3.49. The molecule has 6 heteroatoms. The van der Waals surface area contributed by atoms with Gasteiger partial charge in [0.15, 0.2) is 5.65 Å². The highest BCUT2D eigenvalue weighted by atomic mass is 15.3. The van der Waals surface area contributed by atoms with Gasteiger partial charge < -0.3 is 11.1 Å². The van der Waals surface area contributed by atoms with Crippen molar-refractivity contribution in [2.24, 2.45) is 0 Å². The predicted molar refractivity (Wildman–Crippen MR) is 132 cm³/mol. The molecule has 0 saturated carbocycles. The van der Waals surface area contributed by atoms with Gasteiger partial charge in [0, 0.05) is 46.5 Å². The molecule has 3 atom stereocenters. The summed E-state index contributed by atoms with van der Waals surface area (Å²) in [6, 6.07) is 15.6. The molecule has 0 amide bonds. The number of benzene rings is 1. The van der Waals surface area contributed by atoms with Crippen LogP contribution in [-0.2, 0) is 0 Å². The lowest BCUT2D eigenvalue weighted by Gasteiger charge is -2.31. The van der Waals surface area contributed by atoms with Crippen LogP contribution >= 0.6 is 0 Å². The Balaban J connectivity index is 1.44. The van der Waals surface area contributed by atoms with Crippen LogP contribution in [0.25, 0.3) is 28.0 Å². The van der Waals surface area contributed by atoms with Crippen molar-refractivity contribution in [1.29, 1.82) is 0 Å². The lowest BCUT2D eigenvalue weighted by atomic mass is 9.85. The van der Waals surface area contributed by atoms with Crippen LogP contribution in [0.4, 0.5) is 5.82 Å². The number of nitrogens with two attached hydrogens (primary N) is 1. The smallest absolute Gasteiger partial charge is 0.165 e. The summed E-state index contributed by atoms with van der Waals surface area (Å²) in [5.74, 6) is 1.45. The molecule has 33 heavy (non-hydrogen) atoms. The van der Waals surface area contributed by atoms with Gasteiger partial charge in [0.2, 0.25) is 0 Å². The minimum atomic E-state index is 0.295. The molecule has 3 aromatic heterocycles. The third-order valence-electron chi connectivity index (χ3n) is 7.33. The molecule has 2 bridgehead atoms. The molecule has 0 aliphatic carbocycles. The number of nitrogen functional groups attached to an aromatic ring is 1. The summed E-state index contributed by atoms with van der Waals surface area (Å²) in [7, 11) is 0. The van der Waals surface area contributed by atoms with Gasteiger partial charge in [0.05, 0.1) is 17.6 Å². The van der Waals surface area contributed by atoms with Crippen molar-refractivity contribution < 1.29 is 0 Å². The number of fused-ring (bicyclic) bond motifs is 3. The lowest BCUT2D eigenvalue weighted by molar-refractivity contribution is 0.357. The van der Waals surface area contributed by atoms with Crippen molar-refractivity contribution >= 4 is 11.5 Å². The summed E-state index contributed by atoms with van der Waals surface area (Å²) in [6.45, 7) is 4.41. The van der Waals surface area contributed by atoms with Crippen molar-refractivity contribution in [3.8, 4) is 22.4 Å². The van der Waals surface area contributed by atoms with Gasteiger partial charge in [0.1, 0.15) is 5.82 Å². The number of rotatable bonds is 4. The fourth-order valence-corrected chi connectivity index (χ4v) is 5.77. The molecule has 0 unspecified atom stereocenters. The maximum Gasteiger partial charge on any atom is 0.165 e. The standard InChI is InChI=1S/C27H30N6/c1-16(2)24-25(19-12-20-9-10-21(13-19)31-20)32-27-22(15-30-33(27)26(24)28)18-8-11-23(29-14-18)17-6-4-3-5-7-17/h3-8,11,14-16,19-21,31H,9-10,12-13,28H2,1-2H3/t19-,20+,21-. The molecule has 5 heterocycles. The van der Waals surface area contributed by atoms with Crippen molar-refractivity contribution in [1.82, 2.24) is 24.9 Å². The zero-order valence-corrected chi connectivity index (χ0v) is 19.2. The zero-order valence-electron chi connectivity index (χ0n) is 19.2. The number of aromatic nitrogens is 4. The molecule has 168 valence electrons. The van der Waals surface area contributed by atoms with Gasteiger partial charge in [-0.25, -0.2) is 4.98 Å². The number of hydrogen-bond acceptors (Lipinski definition) is 5. The summed E-state index contributed by atoms with van der Waals surface area (Å²) in [5.41, 5.74) is 13.9. The van der Waals surface area contributed by atoms with E-state index in [9.17, 15) is 0 Å². The van der Waals surface area contributed by atoms with Crippen LogP contribution in [0.1, 0.15) is 62.6 Å². The largest absolute Gasteiger partial charge is 0.383 e. The first-order chi connectivity index (χ1) is 16.1. The quantitative estimate of drug-likeness (QED) is 0.460. The molecule has 6 rings (SSSR count). The number of anilines is 1. The number of nitrogens with one attached hydrogen (secondary N) is 1. The lowest BCUT2D eigenvalue weighted by Crippen LogP contribution is -2.37. The van der Waals surface area contributed by atoms with Crippen LogP contribution in [0.3, 0.4) is 0 Å². The summed E-state index contributed by atoms with van der Waals surface area (Å²) in [4.78, 5) is 9.98. The normalized spacial score (nSPS) is 22.3. The SMILES string of the molecule is CC(C)c1c([C@H]2C[C@H]3CC[C@@H](C2)N3)nc2c(-c3ccc(-c4ccccc4)nc3)cnn2c1N. The molecule has 6 nitrogen and oxygen atoms in total. The van der Waals surface area contributed by atoms with E-state index in [-0.39, 0.29) is 0 Å². The van der Waals surface area contributed by atoms with Crippen molar-refractivity contribution in [2.75, 3.05) is 5.73 Å². The average Bonchev–Trinajstić information content (AvgIpc) is 3.42. The minimum absolute atomic E-state index is 0.295. The Morgan fingerprint density at radius 2 is 1.73 bits per heavy atom. The molecule has 1 aromatic carbocycles. The van der Waals surface area contributed by atoms with E-state index < -0.39 is 0 Å². The van der Waals surface area contributed by atoms with E-state index in [4.69, 9.17) is 15.7 Å². The van der Waals surface area contributed by atoms with Crippen LogP contribution in [0.15, 0.2) is 54.9 Å². The monoisotopic (exact) mass is 438 g/mol. The first kappa shape index (κ1) is 20.4. The Hall–Kier alpha value is -3.25. The Labute approximate surface area is 194 Å². The summed E-state index contributed by atoms with van der Waals surface area (Å²) >= 11 is 0. The van der Waals surface area contributed by atoms with E-state index in [1.165, 1.54) is 18.5 Å². The molecule has 0 radical (unpaired) electrons. The Bertz CT molecular complexity index is 1280. The number of pyridine rings is 1. The molecule has 2 aliphatic rings. The highest BCUT2D eigenvalue weighted by Gasteiger charge is 2.36. The maximum absolute atomic E-state index is 6.73. The molecule has 3 N–H and O–H groups in total. The van der Waals surface area contributed by atoms with E-state index in [0.717, 1.165) is 52.3 Å². The molecular weight excluding hydrogens is 408 g/mol. The van der Waals surface area contributed by atoms with Gasteiger partial charge >= 0.3 is 0 Å². The zero-order chi connectivity index (χ0) is 22.5. The number of nitrogens with zero attached hydrogens (tertiary/aromatic N) is 4. The van der Waals surface area contributed by atoms with Crippen molar-refractivity contribution in [3.05, 3.63) is 66.1 Å². The Kier molecular flexibility index (Phi) is 4.91. The van der Waals surface area contributed by atoms with Crippen LogP contribution in [0.5, 0.6) is 0 Å². The fraction of sp³-hybridized carbons (Fsp3) is 0.370. The summed E-state index contributed by atoms with van der Waals surface area (Å²) < 4.78 is 1.81. The van der Waals surface area contributed by atoms with E-state index in [2.05, 4.69) is 48.5 Å². The van der Waals surface area contributed by atoms with Crippen molar-refractivity contribution in [2.45, 2.75) is 63.5 Å². The van der Waals surface area contributed by atoms with Gasteiger partial charge in [-0.05, 0) is 37.7 Å². The van der Waals surface area contributed by atoms with Gasteiger partial charge in [-0.3, -0.25) is 4.98 Å². The van der Waals surface area contributed by atoms with Crippen LogP contribution in [0.2, 0.25) is 0 Å². The molecule has 2 saturated heterocycles. The second-order valence-corrected chi connectivity index (χ2v) is 9.85. The van der Waals surface area contributed by atoms with Crippen molar-refractivity contribution in [3.63, 3.8) is 0 Å². The second-order valence-electron chi connectivity index (χ2n) is 9.85. The topological polar surface area (TPSA) is 81.1 Å². The van der Waals surface area contributed by atoms with Crippen LogP contribution in [-0.4, -0.2) is 31.7 Å². The number of piperidine rings is 1. The minimum Gasteiger partial charge on any atom is -0.383 e. The average molecular weight is 439 g/mol. The van der Waals surface area contributed by atoms with E-state index in [1.54, 1.807) is 0 Å². The first-order valence-electron chi connectivity index (χ1n) is 12.0. The number of hydrogen-bond donors (Lipinski definition) is 2. The molecular formula is C27H30N6. The Morgan fingerprint density at radius 1 is 0.970 bits per heavy atom. The fourth-order valence-electron chi connectivity index (χ4n) is 5.77. The highest BCUT2D eigenvalue weighted by Crippen LogP contribution is 2.41. The van der Waals surface area contributed by atoms with E-state index in [0.29, 0.717) is 23.9 Å². The summed E-state index contributed by atoms with van der Waals surface area (Å²) in [5, 5.41) is 8.39. The highest BCUT2D eigenvalue weighted by molar-refractivity contribution is 5.79. The molecule has 0 spiro atoms.